The summed E-state index contributed by atoms with van der Waals surface area (Å²) < 4.78 is 5.45. The Morgan fingerprint density at radius 3 is 2.33 bits per heavy atom. The van der Waals surface area contributed by atoms with Crippen molar-refractivity contribution in [3.63, 3.8) is 0 Å². The molecule has 0 aromatic rings. The Kier molecular flexibility index (Phi) is 6.47. The highest BCUT2D eigenvalue weighted by molar-refractivity contribution is 5.68. The van der Waals surface area contributed by atoms with Gasteiger partial charge in [-0.1, -0.05) is 13.8 Å². The molecule has 0 aliphatic carbocycles. The topological polar surface area (TPSA) is 58.8 Å². The lowest BCUT2D eigenvalue weighted by atomic mass is 9.89. The summed E-state index contributed by atoms with van der Waals surface area (Å²) in [5.41, 5.74) is 5.55. The van der Waals surface area contributed by atoms with Crippen molar-refractivity contribution in [3.05, 3.63) is 0 Å². The van der Waals surface area contributed by atoms with Crippen LogP contribution in [-0.2, 0) is 4.74 Å². The minimum absolute atomic E-state index is 0.188. The molecule has 0 unspecified atom stereocenters. The number of carbonyl (C=O) groups excluding carboxylic acids is 1. The SMILES string of the molecule is CC(C)(CN)CCN1CCCN(C(=O)OC(C)(C)C)CC1. The summed E-state index contributed by atoms with van der Waals surface area (Å²) in [5.74, 6) is 0. The molecule has 124 valence electrons. The van der Waals surface area contributed by atoms with E-state index in [4.69, 9.17) is 10.5 Å². The number of nitrogens with two attached hydrogens (primary N) is 1. The molecule has 5 nitrogen and oxygen atoms in total. The van der Waals surface area contributed by atoms with Gasteiger partial charge in [0.2, 0.25) is 0 Å². The van der Waals surface area contributed by atoms with Crippen molar-refractivity contribution in [1.82, 2.24) is 9.80 Å². The minimum Gasteiger partial charge on any atom is -0.444 e. The molecule has 1 fully saturated rings. The van der Waals surface area contributed by atoms with Crippen LogP contribution < -0.4 is 5.73 Å². The van der Waals surface area contributed by atoms with E-state index in [0.717, 1.165) is 45.6 Å². The van der Waals surface area contributed by atoms with E-state index in [0.29, 0.717) is 6.54 Å². The van der Waals surface area contributed by atoms with Crippen LogP contribution in [-0.4, -0.2) is 60.8 Å². The van der Waals surface area contributed by atoms with Crippen molar-refractivity contribution in [2.75, 3.05) is 39.3 Å². The van der Waals surface area contributed by atoms with E-state index in [1.165, 1.54) is 0 Å². The van der Waals surface area contributed by atoms with Gasteiger partial charge in [0, 0.05) is 19.6 Å². The van der Waals surface area contributed by atoms with Crippen LogP contribution in [0.1, 0.15) is 47.5 Å². The highest BCUT2D eigenvalue weighted by Crippen LogP contribution is 2.19. The van der Waals surface area contributed by atoms with E-state index in [9.17, 15) is 4.79 Å². The van der Waals surface area contributed by atoms with E-state index in [1.54, 1.807) is 0 Å². The number of hydrogen-bond donors (Lipinski definition) is 1. The van der Waals surface area contributed by atoms with Crippen LogP contribution in [0, 0.1) is 5.41 Å². The first-order valence-electron chi connectivity index (χ1n) is 8.03. The molecule has 0 bridgehead atoms. The molecule has 0 aromatic carbocycles. The summed E-state index contributed by atoms with van der Waals surface area (Å²) in [5, 5.41) is 0. The van der Waals surface area contributed by atoms with E-state index < -0.39 is 5.60 Å². The first kappa shape index (κ1) is 18.2. The summed E-state index contributed by atoms with van der Waals surface area (Å²) >= 11 is 0. The van der Waals surface area contributed by atoms with Crippen molar-refractivity contribution < 1.29 is 9.53 Å². The first-order chi connectivity index (χ1) is 9.63. The van der Waals surface area contributed by atoms with Gasteiger partial charge < -0.3 is 20.3 Å². The van der Waals surface area contributed by atoms with Crippen molar-refractivity contribution in [2.24, 2.45) is 11.1 Å². The normalized spacial score (nSPS) is 18.5. The van der Waals surface area contributed by atoms with Crippen LogP contribution in [0.3, 0.4) is 0 Å². The molecule has 1 amide bonds. The van der Waals surface area contributed by atoms with Crippen molar-refractivity contribution in [1.29, 1.82) is 0 Å². The summed E-state index contributed by atoms with van der Waals surface area (Å²) in [6, 6.07) is 0. The number of hydrogen-bond acceptors (Lipinski definition) is 4. The van der Waals surface area contributed by atoms with E-state index in [1.807, 2.05) is 25.7 Å². The standard InChI is InChI=1S/C16H33N3O2/c1-15(2,3)21-14(20)19-9-6-8-18(11-12-19)10-7-16(4,5)13-17/h6-13,17H2,1-5H3. The zero-order valence-electron chi connectivity index (χ0n) is 14.4. The molecule has 21 heavy (non-hydrogen) atoms. The van der Waals surface area contributed by atoms with Gasteiger partial charge in [-0.05, 0) is 58.7 Å². The molecule has 1 aliphatic rings. The highest BCUT2D eigenvalue weighted by Gasteiger charge is 2.25. The third kappa shape index (κ3) is 7.14. The van der Waals surface area contributed by atoms with Gasteiger partial charge in [-0.2, -0.15) is 0 Å². The van der Waals surface area contributed by atoms with Crippen LogP contribution in [0.2, 0.25) is 0 Å². The van der Waals surface area contributed by atoms with Crippen LogP contribution in [0.5, 0.6) is 0 Å². The lowest BCUT2D eigenvalue weighted by Crippen LogP contribution is -2.39. The fourth-order valence-corrected chi connectivity index (χ4v) is 2.27. The monoisotopic (exact) mass is 299 g/mol. The van der Waals surface area contributed by atoms with Crippen LogP contribution in [0.4, 0.5) is 4.79 Å². The fraction of sp³-hybridized carbons (Fsp3) is 0.938. The smallest absolute Gasteiger partial charge is 0.410 e. The Morgan fingerprint density at radius 1 is 1.10 bits per heavy atom. The second-order valence-corrected chi connectivity index (χ2v) is 7.78. The predicted molar refractivity (Wildman–Crippen MR) is 86.3 cm³/mol. The Morgan fingerprint density at radius 2 is 1.76 bits per heavy atom. The van der Waals surface area contributed by atoms with Crippen LogP contribution in [0.25, 0.3) is 0 Å². The van der Waals surface area contributed by atoms with Gasteiger partial charge in [-0.15, -0.1) is 0 Å². The third-order valence-corrected chi connectivity index (χ3v) is 3.90. The van der Waals surface area contributed by atoms with Gasteiger partial charge in [-0.25, -0.2) is 4.79 Å². The quantitative estimate of drug-likeness (QED) is 0.865. The zero-order chi connectivity index (χ0) is 16.1. The summed E-state index contributed by atoms with van der Waals surface area (Å²) in [4.78, 5) is 16.4. The van der Waals surface area contributed by atoms with Crippen LogP contribution >= 0.6 is 0 Å². The van der Waals surface area contributed by atoms with E-state index >= 15 is 0 Å². The molecule has 0 radical (unpaired) electrons. The lowest BCUT2D eigenvalue weighted by molar-refractivity contribution is 0.0257. The summed E-state index contributed by atoms with van der Waals surface area (Å²) in [6.07, 6.45) is 1.91. The Labute approximate surface area is 129 Å². The lowest BCUT2D eigenvalue weighted by Gasteiger charge is -2.28. The number of nitrogens with zero attached hydrogens (tertiary/aromatic N) is 2. The Balaban J connectivity index is 2.42. The molecule has 1 heterocycles. The molecule has 1 aliphatic heterocycles. The molecule has 2 N–H and O–H groups in total. The average molecular weight is 299 g/mol. The predicted octanol–water partition coefficient (Wildman–Crippen LogP) is 2.30. The number of amides is 1. The van der Waals surface area contributed by atoms with E-state index in [2.05, 4.69) is 18.7 Å². The van der Waals surface area contributed by atoms with Gasteiger partial charge in [0.05, 0.1) is 0 Å². The number of rotatable bonds is 4. The molecule has 0 aromatic heterocycles. The minimum atomic E-state index is -0.422. The van der Waals surface area contributed by atoms with Gasteiger partial charge >= 0.3 is 6.09 Å². The molecule has 0 saturated carbocycles. The van der Waals surface area contributed by atoms with Gasteiger partial charge in [0.15, 0.2) is 0 Å². The second-order valence-electron chi connectivity index (χ2n) is 7.78. The molecule has 5 heteroatoms. The van der Waals surface area contributed by atoms with Crippen molar-refractivity contribution in [3.8, 4) is 0 Å². The molecular weight excluding hydrogens is 266 g/mol. The van der Waals surface area contributed by atoms with E-state index in [-0.39, 0.29) is 11.5 Å². The Hall–Kier alpha value is -0.810. The molecule has 1 rings (SSSR count). The molecule has 1 saturated heterocycles. The van der Waals surface area contributed by atoms with Gasteiger partial charge in [0.1, 0.15) is 5.60 Å². The Bertz CT molecular complexity index is 337. The molecular formula is C16H33N3O2. The zero-order valence-corrected chi connectivity index (χ0v) is 14.4. The molecule has 0 spiro atoms. The average Bonchev–Trinajstić information content (AvgIpc) is 2.60. The third-order valence-electron chi connectivity index (χ3n) is 3.90. The number of ether oxygens (including phenoxy) is 1. The summed E-state index contributed by atoms with van der Waals surface area (Å²) in [6.45, 7) is 15.4. The first-order valence-corrected chi connectivity index (χ1v) is 8.03. The van der Waals surface area contributed by atoms with Gasteiger partial charge in [0.25, 0.3) is 0 Å². The maximum Gasteiger partial charge on any atom is 0.410 e. The summed E-state index contributed by atoms with van der Waals surface area (Å²) in [7, 11) is 0. The second kappa shape index (κ2) is 7.45. The van der Waals surface area contributed by atoms with Crippen molar-refractivity contribution in [2.45, 2.75) is 53.1 Å². The fourth-order valence-electron chi connectivity index (χ4n) is 2.27. The number of carbonyl (C=O) groups is 1. The maximum atomic E-state index is 12.1. The highest BCUT2D eigenvalue weighted by atomic mass is 16.6. The van der Waals surface area contributed by atoms with Crippen molar-refractivity contribution >= 4 is 6.09 Å². The van der Waals surface area contributed by atoms with Crippen LogP contribution in [0.15, 0.2) is 0 Å². The maximum absolute atomic E-state index is 12.1. The largest absolute Gasteiger partial charge is 0.444 e. The van der Waals surface area contributed by atoms with Gasteiger partial charge in [-0.3, -0.25) is 0 Å². The molecule has 0 atom stereocenters.